The van der Waals surface area contributed by atoms with E-state index in [1.165, 1.54) is 43.2 Å². The van der Waals surface area contributed by atoms with Crippen LogP contribution in [-0.2, 0) is 17.1 Å². The number of para-hydroxylation sites is 4. The number of hydrogen-bond donors (Lipinski definition) is 0. The first kappa shape index (κ1) is 37.9. The van der Waals surface area contributed by atoms with Gasteiger partial charge in [0, 0.05) is 0 Å². The fourth-order valence-electron chi connectivity index (χ4n) is 5.41. The Bertz CT molecular complexity index is 1260. The number of aryl methyl sites for hydroxylation is 4. The topological polar surface area (TPSA) is 36.9 Å². The minimum atomic E-state index is -1.00. The van der Waals surface area contributed by atoms with E-state index in [1.807, 2.05) is 72.8 Å². The van der Waals surface area contributed by atoms with E-state index < -0.39 is 16.8 Å². The molecule has 1 atom stereocenters. The zero-order chi connectivity index (χ0) is 30.7. The van der Waals surface area contributed by atoms with Crippen molar-refractivity contribution in [1.82, 2.24) is 0 Å². The fraction of sp³-hybridized carbons (Fsp3) is 0.333. The average molecular weight is 699 g/mol. The van der Waals surface area contributed by atoms with E-state index in [0.29, 0.717) is 11.3 Å². The van der Waals surface area contributed by atoms with Crippen LogP contribution in [0.4, 0.5) is 0 Å². The van der Waals surface area contributed by atoms with Gasteiger partial charge in [-0.3, -0.25) is 0 Å². The fourth-order valence-corrected chi connectivity index (χ4v) is 9.15. The molecule has 0 amide bonds. The molecule has 6 rings (SSSR count). The Morgan fingerprint density at radius 3 is 1.17 bits per heavy atom. The molecule has 2 fully saturated rings. The Balaban J connectivity index is 0.000000240. The molecule has 0 bridgehead atoms. The second-order valence-electron chi connectivity index (χ2n) is 11.7. The summed E-state index contributed by atoms with van der Waals surface area (Å²) in [6.07, 6.45) is 10.9. The molecule has 1 unspecified atom stereocenters. The van der Waals surface area contributed by atoms with Crippen LogP contribution in [0, 0.1) is 41.5 Å². The van der Waals surface area contributed by atoms with Crippen molar-refractivity contribution in [1.29, 1.82) is 0 Å². The Morgan fingerprint density at radius 1 is 0.500 bits per heavy atom. The van der Waals surface area contributed by atoms with Crippen molar-refractivity contribution in [3.05, 3.63) is 133 Å². The average Bonchev–Trinajstić information content (AvgIpc) is 3.77. The van der Waals surface area contributed by atoms with Crippen LogP contribution in [0.15, 0.2) is 97.1 Å². The van der Waals surface area contributed by atoms with Gasteiger partial charge >= 0.3 is 17.1 Å². The third-order valence-corrected chi connectivity index (χ3v) is 11.8. The largest absolute Gasteiger partial charge is 2.00 e. The number of rotatable bonds is 10. The van der Waals surface area contributed by atoms with Gasteiger partial charge in [0.05, 0.1) is 5.66 Å². The van der Waals surface area contributed by atoms with Crippen LogP contribution in [0.5, 0.6) is 23.0 Å². The summed E-state index contributed by atoms with van der Waals surface area (Å²) in [5.41, 5.74) is 5.59. The Hall–Kier alpha value is -2.54. The molecule has 4 aromatic carbocycles. The standard InChI is InChI=1S/C19H23O2P.C19H22O2P.CH3.Fe/c2*1-15-9-3-7-13-18(15)20-22(17-11-5-6-12-17)21-19-14-8-4-10-16(19)2;;/h3-4,7-10,13-14,17H,5-6,11-12H2,1-2H3;3-4,7-11,13-14,17H,5-6,12H2,1-2H3;1H3;/q;2*-1;+2. The molecule has 4 aromatic rings. The minimum absolute atomic E-state index is 0. The molecule has 7 heteroatoms. The van der Waals surface area contributed by atoms with Crippen molar-refractivity contribution in [3.63, 3.8) is 0 Å². The summed E-state index contributed by atoms with van der Waals surface area (Å²) in [5, 5.41) is 0. The van der Waals surface area contributed by atoms with Crippen LogP contribution in [-0.4, -0.2) is 11.3 Å². The van der Waals surface area contributed by atoms with Gasteiger partial charge < -0.3 is 31.9 Å². The molecule has 46 heavy (non-hydrogen) atoms. The maximum Gasteiger partial charge on any atom is 2.00 e. The zero-order valence-electron chi connectivity index (χ0n) is 27.8. The summed E-state index contributed by atoms with van der Waals surface area (Å²) in [7, 11) is -1.95. The second kappa shape index (κ2) is 19.3. The van der Waals surface area contributed by atoms with Gasteiger partial charge in [-0.15, -0.1) is 0 Å². The van der Waals surface area contributed by atoms with Crippen LogP contribution in [0.2, 0.25) is 0 Å². The van der Waals surface area contributed by atoms with Gasteiger partial charge in [-0.1, -0.05) is 104 Å². The summed E-state index contributed by atoms with van der Waals surface area (Å²) < 4.78 is 25.3. The molecule has 0 radical (unpaired) electrons. The zero-order valence-corrected chi connectivity index (χ0v) is 30.7. The quantitative estimate of drug-likeness (QED) is 0.0939. The van der Waals surface area contributed by atoms with Crippen molar-refractivity contribution in [2.75, 3.05) is 0 Å². The van der Waals surface area contributed by atoms with Gasteiger partial charge in [-0.25, -0.2) is 0 Å². The molecule has 2 aliphatic carbocycles. The summed E-state index contributed by atoms with van der Waals surface area (Å²) in [5.74, 6) is 3.77. The predicted molar refractivity (Wildman–Crippen MR) is 192 cm³/mol. The summed E-state index contributed by atoms with van der Waals surface area (Å²) in [6, 6.07) is 32.7. The molecule has 2 saturated carbocycles. The SMILES string of the molecule is Cc1ccccc1OP(Oc1ccccc1C)C1CCCC1.Cc1ccccc1OP(Oc1ccccc1C)C1[CH-]CCC1.[CH3-].[Fe+2]. The van der Waals surface area contributed by atoms with Crippen molar-refractivity contribution in [2.45, 2.75) is 84.0 Å². The molecule has 246 valence electrons. The van der Waals surface area contributed by atoms with Gasteiger partial charge in [0.1, 0.15) is 23.0 Å². The molecule has 0 spiro atoms. The first-order valence-corrected chi connectivity index (χ1v) is 18.3. The molecule has 0 aliphatic heterocycles. The molecule has 0 aromatic heterocycles. The van der Waals surface area contributed by atoms with Gasteiger partial charge in [-0.2, -0.15) is 6.42 Å². The molecule has 2 aliphatic rings. The van der Waals surface area contributed by atoms with Crippen molar-refractivity contribution >= 4 is 16.8 Å². The minimum Gasteiger partial charge on any atom is -0.440 e. The maximum absolute atomic E-state index is 6.33. The number of benzene rings is 4. The van der Waals surface area contributed by atoms with Crippen LogP contribution in [0.1, 0.15) is 67.2 Å². The van der Waals surface area contributed by atoms with Gasteiger partial charge in [0.25, 0.3) is 16.8 Å². The Morgan fingerprint density at radius 2 is 0.848 bits per heavy atom. The van der Waals surface area contributed by atoms with Gasteiger partial charge in [0.2, 0.25) is 0 Å². The number of hydrogen-bond acceptors (Lipinski definition) is 4. The van der Waals surface area contributed by atoms with Gasteiger partial charge in [-0.05, 0) is 87.1 Å². The van der Waals surface area contributed by atoms with Gasteiger partial charge in [0.15, 0.2) is 0 Å². The molecular weight excluding hydrogens is 650 g/mol. The smallest absolute Gasteiger partial charge is 0.440 e. The third kappa shape index (κ3) is 10.7. The van der Waals surface area contributed by atoms with Crippen molar-refractivity contribution < 1.29 is 35.2 Å². The molecule has 0 heterocycles. The molecule has 4 nitrogen and oxygen atoms in total. The normalized spacial score (nSPS) is 15.7. The first-order chi connectivity index (χ1) is 21.5. The Kier molecular flexibility index (Phi) is 15.9. The summed E-state index contributed by atoms with van der Waals surface area (Å²) in [6.45, 7) is 8.33. The third-order valence-electron chi connectivity index (χ3n) is 8.16. The second-order valence-corrected chi connectivity index (χ2v) is 14.9. The molecular formula is C39H48FeO4P2. The molecule has 0 N–H and O–H groups in total. The Labute approximate surface area is 290 Å². The van der Waals surface area contributed by atoms with Crippen molar-refractivity contribution in [3.8, 4) is 23.0 Å². The predicted octanol–water partition coefficient (Wildman–Crippen LogP) is 12.3. The molecule has 0 saturated heterocycles. The van der Waals surface area contributed by atoms with E-state index in [4.69, 9.17) is 18.1 Å². The van der Waals surface area contributed by atoms with Crippen molar-refractivity contribution in [2.24, 2.45) is 0 Å². The van der Waals surface area contributed by atoms with E-state index >= 15 is 0 Å². The van der Waals surface area contributed by atoms with E-state index in [2.05, 4.69) is 58.4 Å². The van der Waals surface area contributed by atoms with E-state index in [-0.39, 0.29) is 24.5 Å². The first-order valence-electron chi connectivity index (χ1n) is 15.8. The monoisotopic (exact) mass is 698 g/mol. The van der Waals surface area contributed by atoms with E-state index in [0.717, 1.165) is 47.0 Å². The van der Waals surface area contributed by atoms with Crippen LogP contribution in [0.3, 0.4) is 0 Å². The van der Waals surface area contributed by atoms with E-state index in [1.54, 1.807) is 0 Å². The van der Waals surface area contributed by atoms with Crippen LogP contribution >= 0.6 is 16.8 Å². The van der Waals surface area contributed by atoms with Crippen LogP contribution in [0.25, 0.3) is 0 Å². The van der Waals surface area contributed by atoms with E-state index in [9.17, 15) is 0 Å². The summed E-state index contributed by atoms with van der Waals surface area (Å²) >= 11 is 0. The summed E-state index contributed by atoms with van der Waals surface area (Å²) in [4.78, 5) is 0. The van der Waals surface area contributed by atoms with Crippen LogP contribution < -0.4 is 18.1 Å². The maximum atomic E-state index is 6.33.